The highest BCUT2D eigenvalue weighted by Gasteiger charge is 2.47. The molecular formula is C62H39N3S. The standard InChI is InChI=1S/C62H39N3S/c1-3-15-40(16-4-1)42-29-33-44(34-30-42)59-63-60(45-35-31-43(32-36-45)49-23-13-24-51-50-21-10-12-28-56(50)66-58(49)51)65-61(64-59)53-25-14-27-55-57(53)52-22-9-11-26-54(52)62(55,47-19-5-2-6-20-47)48-38-37-41-17-7-8-18-46(41)39-48/h1-39H. The van der Waals surface area contributed by atoms with Gasteiger partial charge in [0.2, 0.25) is 0 Å². The van der Waals surface area contributed by atoms with Crippen LogP contribution in [-0.4, -0.2) is 15.0 Å². The fourth-order valence-corrected chi connectivity index (χ4v) is 11.6. The minimum absolute atomic E-state index is 0.591. The van der Waals surface area contributed by atoms with Crippen LogP contribution in [0, 0.1) is 0 Å². The highest BCUT2D eigenvalue weighted by atomic mass is 32.1. The van der Waals surface area contributed by atoms with Crippen molar-refractivity contribution in [1.29, 1.82) is 0 Å². The summed E-state index contributed by atoms with van der Waals surface area (Å²) in [5, 5.41) is 5.02. The van der Waals surface area contributed by atoms with Crippen LogP contribution in [0.5, 0.6) is 0 Å². The summed E-state index contributed by atoms with van der Waals surface area (Å²) in [6, 6.07) is 85.2. The highest BCUT2D eigenvalue weighted by Crippen LogP contribution is 2.58. The van der Waals surface area contributed by atoms with Crippen molar-refractivity contribution < 1.29 is 0 Å². The van der Waals surface area contributed by atoms with Crippen molar-refractivity contribution >= 4 is 42.3 Å². The van der Waals surface area contributed by atoms with Crippen LogP contribution in [0.25, 0.3) is 98.5 Å². The Kier molecular flexibility index (Phi) is 8.93. The lowest BCUT2D eigenvalue weighted by atomic mass is 9.67. The number of hydrogen-bond acceptors (Lipinski definition) is 4. The van der Waals surface area contributed by atoms with Crippen LogP contribution in [0.2, 0.25) is 0 Å². The van der Waals surface area contributed by atoms with Crippen molar-refractivity contribution in [2.24, 2.45) is 0 Å². The molecule has 12 aromatic rings. The van der Waals surface area contributed by atoms with Gasteiger partial charge in [-0.25, -0.2) is 15.0 Å². The quantitative estimate of drug-likeness (QED) is 0.160. The molecule has 3 nitrogen and oxygen atoms in total. The van der Waals surface area contributed by atoms with Gasteiger partial charge in [0.25, 0.3) is 0 Å². The zero-order valence-corrected chi connectivity index (χ0v) is 36.6. The fraction of sp³-hybridized carbons (Fsp3) is 0.0161. The molecule has 0 amide bonds. The number of aromatic nitrogens is 3. The maximum Gasteiger partial charge on any atom is 0.164 e. The molecule has 0 aliphatic heterocycles. The zero-order valence-electron chi connectivity index (χ0n) is 35.8. The van der Waals surface area contributed by atoms with E-state index in [4.69, 9.17) is 15.0 Å². The lowest BCUT2D eigenvalue weighted by molar-refractivity contribution is 0.770. The zero-order chi connectivity index (χ0) is 43.6. The second kappa shape index (κ2) is 15.4. The summed E-state index contributed by atoms with van der Waals surface area (Å²) in [5.74, 6) is 1.89. The van der Waals surface area contributed by atoms with E-state index in [2.05, 4.69) is 231 Å². The Hall–Kier alpha value is -8.31. The molecule has 0 fully saturated rings. The molecule has 308 valence electrons. The van der Waals surface area contributed by atoms with E-state index < -0.39 is 5.41 Å². The Morgan fingerprint density at radius 2 is 0.864 bits per heavy atom. The highest BCUT2D eigenvalue weighted by molar-refractivity contribution is 7.26. The maximum atomic E-state index is 5.41. The molecule has 1 aliphatic rings. The minimum atomic E-state index is -0.591. The van der Waals surface area contributed by atoms with E-state index in [1.807, 2.05) is 17.4 Å². The summed E-state index contributed by atoms with van der Waals surface area (Å²) in [7, 11) is 0. The molecule has 0 N–H and O–H groups in total. The smallest absolute Gasteiger partial charge is 0.164 e. The van der Waals surface area contributed by atoms with Crippen molar-refractivity contribution in [3.05, 3.63) is 259 Å². The first-order valence-electron chi connectivity index (χ1n) is 22.4. The van der Waals surface area contributed by atoms with Gasteiger partial charge >= 0.3 is 0 Å². The lowest BCUT2D eigenvalue weighted by Crippen LogP contribution is -2.28. The van der Waals surface area contributed by atoms with Crippen LogP contribution in [0.15, 0.2) is 237 Å². The lowest BCUT2D eigenvalue weighted by Gasteiger charge is -2.34. The average Bonchev–Trinajstić information content (AvgIpc) is 3.93. The number of nitrogens with zero attached hydrogens (tertiary/aromatic N) is 3. The van der Waals surface area contributed by atoms with E-state index in [1.165, 1.54) is 69.9 Å². The first kappa shape index (κ1) is 38.2. The summed E-state index contributed by atoms with van der Waals surface area (Å²) in [6.45, 7) is 0. The third kappa shape index (κ3) is 6.07. The summed E-state index contributed by atoms with van der Waals surface area (Å²) in [6.07, 6.45) is 0. The third-order valence-electron chi connectivity index (χ3n) is 13.4. The van der Waals surface area contributed by atoms with Crippen LogP contribution in [0.3, 0.4) is 0 Å². The number of thiophene rings is 1. The summed E-state index contributed by atoms with van der Waals surface area (Å²) >= 11 is 1.85. The van der Waals surface area contributed by atoms with Crippen LogP contribution in [-0.2, 0) is 5.41 Å². The molecule has 1 aliphatic carbocycles. The Bertz CT molecular complexity index is 3800. The molecule has 2 heterocycles. The number of fused-ring (bicyclic) bond motifs is 7. The van der Waals surface area contributed by atoms with Gasteiger partial charge in [0, 0.05) is 36.9 Å². The van der Waals surface area contributed by atoms with E-state index in [0.29, 0.717) is 17.5 Å². The van der Waals surface area contributed by atoms with E-state index in [9.17, 15) is 0 Å². The van der Waals surface area contributed by atoms with Gasteiger partial charge in [0.1, 0.15) is 0 Å². The second-order valence-corrected chi connectivity index (χ2v) is 18.1. The van der Waals surface area contributed by atoms with Gasteiger partial charge in [-0.05, 0) is 78.5 Å². The van der Waals surface area contributed by atoms with Gasteiger partial charge in [-0.1, -0.05) is 224 Å². The van der Waals surface area contributed by atoms with Crippen molar-refractivity contribution in [1.82, 2.24) is 15.0 Å². The maximum absolute atomic E-state index is 5.41. The molecule has 0 saturated carbocycles. The van der Waals surface area contributed by atoms with Gasteiger partial charge in [0.15, 0.2) is 17.5 Å². The normalized spacial score (nSPS) is 14.1. The van der Waals surface area contributed by atoms with Gasteiger partial charge < -0.3 is 0 Å². The summed E-state index contributed by atoms with van der Waals surface area (Å²) in [5.41, 5.74) is 14.1. The molecule has 1 unspecified atom stereocenters. The van der Waals surface area contributed by atoms with E-state index in [0.717, 1.165) is 33.4 Å². The molecule has 0 radical (unpaired) electrons. The van der Waals surface area contributed by atoms with Crippen molar-refractivity contribution in [2.45, 2.75) is 5.41 Å². The van der Waals surface area contributed by atoms with E-state index in [1.54, 1.807) is 0 Å². The predicted molar refractivity (Wildman–Crippen MR) is 275 cm³/mol. The van der Waals surface area contributed by atoms with Gasteiger partial charge in [-0.15, -0.1) is 11.3 Å². The Morgan fingerprint density at radius 3 is 1.65 bits per heavy atom. The van der Waals surface area contributed by atoms with Crippen molar-refractivity contribution in [2.75, 3.05) is 0 Å². The third-order valence-corrected chi connectivity index (χ3v) is 14.7. The molecule has 0 saturated heterocycles. The molecule has 66 heavy (non-hydrogen) atoms. The minimum Gasteiger partial charge on any atom is -0.208 e. The van der Waals surface area contributed by atoms with Crippen molar-refractivity contribution in [3.63, 3.8) is 0 Å². The number of benzene rings is 10. The van der Waals surface area contributed by atoms with Crippen molar-refractivity contribution in [3.8, 4) is 67.5 Å². The molecule has 4 heteroatoms. The molecule has 0 bridgehead atoms. The Balaban J connectivity index is 1.01. The fourth-order valence-electron chi connectivity index (χ4n) is 10.4. The van der Waals surface area contributed by atoms with Gasteiger partial charge in [-0.2, -0.15) is 0 Å². The van der Waals surface area contributed by atoms with E-state index in [-0.39, 0.29) is 0 Å². The van der Waals surface area contributed by atoms with Crippen LogP contribution < -0.4 is 0 Å². The number of rotatable bonds is 7. The Morgan fingerprint density at radius 1 is 0.318 bits per heavy atom. The van der Waals surface area contributed by atoms with Crippen LogP contribution in [0.1, 0.15) is 22.3 Å². The Labute approximate surface area is 387 Å². The largest absolute Gasteiger partial charge is 0.208 e. The van der Waals surface area contributed by atoms with Crippen LogP contribution >= 0.6 is 11.3 Å². The summed E-state index contributed by atoms with van der Waals surface area (Å²) in [4.78, 5) is 16.0. The van der Waals surface area contributed by atoms with Crippen LogP contribution in [0.4, 0.5) is 0 Å². The molecule has 0 spiro atoms. The molecule has 13 rings (SSSR count). The predicted octanol–water partition coefficient (Wildman–Crippen LogP) is 16.1. The molecular weight excluding hydrogens is 819 g/mol. The van der Waals surface area contributed by atoms with E-state index >= 15 is 0 Å². The summed E-state index contributed by atoms with van der Waals surface area (Å²) < 4.78 is 2.59. The molecule has 1 atom stereocenters. The SMILES string of the molecule is c1ccc(-c2ccc(-c3nc(-c4ccc(-c5cccc6c5sc5ccccc56)cc4)nc(-c4cccc5c4-c4ccccc4C5(c4ccccc4)c4ccc5ccccc5c4)n3)cc2)cc1. The van der Waals surface area contributed by atoms with Gasteiger partial charge in [-0.3, -0.25) is 0 Å². The monoisotopic (exact) mass is 857 g/mol. The molecule has 2 aromatic heterocycles. The number of hydrogen-bond donors (Lipinski definition) is 0. The molecule has 10 aromatic carbocycles. The van der Waals surface area contributed by atoms with Gasteiger partial charge in [0.05, 0.1) is 5.41 Å². The first-order valence-corrected chi connectivity index (χ1v) is 23.2. The first-order chi connectivity index (χ1) is 32.7. The second-order valence-electron chi connectivity index (χ2n) is 17.1. The average molecular weight is 858 g/mol. The topological polar surface area (TPSA) is 38.7 Å².